The Hall–Kier alpha value is -1.28. The van der Waals surface area contributed by atoms with Crippen LogP contribution in [-0.2, 0) is 6.54 Å². The lowest BCUT2D eigenvalue weighted by atomic mass is 9.61. The fourth-order valence-electron chi connectivity index (χ4n) is 5.02. The minimum atomic E-state index is 0.354. The van der Waals surface area contributed by atoms with E-state index >= 15 is 0 Å². The molecule has 0 unspecified atom stereocenters. The van der Waals surface area contributed by atoms with Crippen LogP contribution in [0.2, 0.25) is 0 Å². The van der Waals surface area contributed by atoms with Gasteiger partial charge in [-0.1, -0.05) is 31.1 Å². The first kappa shape index (κ1) is 13.4. The van der Waals surface area contributed by atoms with Gasteiger partial charge in [-0.2, -0.15) is 0 Å². The van der Waals surface area contributed by atoms with E-state index in [1.807, 2.05) is 0 Å². The van der Waals surface area contributed by atoms with Crippen LogP contribution in [0.25, 0.3) is 0 Å². The summed E-state index contributed by atoms with van der Waals surface area (Å²) in [5, 5.41) is 0. The fraction of sp³-hybridized carbons (Fsp3) is 0.579. The third-order valence-corrected chi connectivity index (χ3v) is 6.01. The lowest BCUT2D eigenvalue weighted by Gasteiger charge is -2.58. The Morgan fingerprint density at radius 3 is 3.10 bits per heavy atom. The Morgan fingerprint density at radius 1 is 1.33 bits per heavy atom. The van der Waals surface area contributed by atoms with Gasteiger partial charge in [0, 0.05) is 24.5 Å². The van der Waals surface area contributed by atoms with Crippen molar-refractivity contribution < 1.29 is 4.74 Å². The van der Waals surface area contributed by atoms with E-state index < -0.39 is 0 Å². The predicted octanol–water partition coefficient (Wildman–Crippen LogP) is 4.26. The molecule has 1 aromatic carbocycles. The highest BCUT2D eigenvalue weighted by molar-refractivity contribution is 5.43. The molecule has 0 N–H and O–H groups in total. The number of piperidine rings is 1. The average molecular weight is 283 g/mol. The van der Waals surface area contributed by atoms with Gasteiger partial charge < -0.3 is 4.74 Å². The maximum atomic E-state index is 5.48. The van der Waals surface area contributed by atoms with Gasteiger partial charge in [0.15, 0.2) is 0 Å². The largest absolute Gasteiger partial charge is 0.497 e. The topological polar surface area (TPSA) is 12.5 Å². The number of methoxy groups -OCH3 is 1. The van der Waals surface area contributed by atoms with Crippen LogP contribution in [0.4, 0.5) is 0 Å². The summed E-state index contributed by atoms with van der Waals surface area (Å²) in [5.74, 6) is 1.68. The van der Waals surface area contributed by atoms with Crippen LogP contribution < -0.4 is 4.74 Å². The Bertz CT molecular complexity index is 579. The molecular formula is C19H25NO. The van der Waals surface area contributed by atoms with Crippen molar-refractivity contribution in [2.75, 3.05) is 13.7 Å². The first-order chi connectivity index (χ1) is 10.2. The molecule has 21 heavy (non-hydrogen) atoms. The van der Waals surface area contributed by atoms with Gasteiger partial charge in [-0.25, -0.2) is 0 Å². The van der Waals surface area contributed by atoms with E-state index in [2.05, 4.69) is 29.7 Å². The van der Waals surface area contributed by atoms with Crippen molar-refractivity contribution in [1.82, 2.24) is 4.90 Å². The molecule has 0 bridgehead atoms. The molecule has 0 radical (unpaired) electrons. The fourth-order valence-corrected chi connectivity index (χ4v) is 5.02. The van der Waals surface area contributed by atoms with E-state index in [0.29, 0.717) is 11.5 Å². The van der Waals surface area contributed by atoms with Crippen LogP contribution >= 0.6 is 0 Å². The Balaban J connectivity index is 1.83. The van der Waals surface area contributed by atoms with Gasteiger partial charge >= 0.3 is 0 Å². The second-order valence-corrected chi connectivity index (χ2v) is 7.07. The zero-order chi connectivity index (χ0) is 14.4. The van der Waals surface area contributed by atoms with Crippen molar-refractivity contribution in [3.05, 3.63) is 41.5 Å². The van der Waals surface area contributed by atoms with E-state index in [4.69, 9.17) is 4.74 Å². The number of benzene rings is 1. The number of fused-ring (bicyclic) bond motifs is 2. The molecule has 2 fully saturated rings. The van der Waals surface area contributed by atoms with Crippen molar-refractivity contribution >= 4 is 0 Å². The van der Waals surface area contributed by atoms with Gasteiger partial charge in [0.25, 0.3) is 0 Å². The highest BCUT2D eigenvalue weighted by atomic mass is 16.5. The predicted molar refractivity (Wildman–Crippen MR) is 85.7 cm³/mol. The molecule has 2 heterocycles. The van der Waals surface area contributed by atoms with Crippen molar-refractivity contribution in [3.8, 4) is 5.75 Å². The van der Waals surface area contributed by atoms with Crippen molar-refractivity contribution in [3.63, 3.8) is 0 Å². The van der Waals surface area contributed by atoms with Gasteiger partial charge in [-0.05, 0) is 48.9 Å². The van der Waals surface area contributed by atoms with E-state index in [1.54, 1.807) is 12.7 Å². The Morgan fingerprint density at radius 2 is 2.24 bits per heavy atom. The van der Waals surface area contributed by atoms with E-state index in [-0.39, 0.29) is 0 Å². The summed E-state index contributed by atoms with van der Waals surface area (Å²) in [6, 6.07) is 6.72. The monoisotopic (exact) mass is 283 g/mol. The molecule has 4 rings (SSSR count). The van der Waals surface area contributed by atoms with Gasteiger partial charge in [0.1, 0.15) is 5.75 Å². The summed E-state index contributed by atoms with van der Waals surface area (Å²) < 4.78 is 5.48. The standard InChI is InChI=1S/C19H25NO/c1-14-8-10-20-13-15-6-7-16(21-2)11-17(15)18-5-3-4-9-19(18,20)12-14/h6-7,11,18H,1,3-5,8-10,12-13H2,2H3/t18-,19+/m1/s1. The summed E-state index contributed by atoms with van der Waals surface area (Å²) >= 11 is 0. The van der Waals surface area contributed by atoms with Crippen LogP contribution in [0, 0.1) is 0 Å². The maximum Gasteiger partial charge on any atom is 0.119 e. The molecule has 1 aliphatic carbocycles. The number of nitrogens with zero attached hydrogens (tertiary/aromatic N) is 1. The van der Waals surface area contributed by atoms with Crippen molar-refractivity contribution in [2.45, 2.75) is 56.5 Å². The summed E-state index contributed by atoms with van der Waals surface area (Å²) in [6.45, 7) is 6.64. The molecule has 2 aliphatic heterocycles. The zero-order valence-electron chi connectivity index (χ0n) is 13.0. The summed E-state index contributed by atoms with van der Waals surface area (Å²) in [5.41, 5.74) is 4.89. The number of hydrogen-bond acceptors (Lipinski definition) is 2. The molecule has 1 aromatic rings. The number of ether oxygens (including phenoxy) is 1. The maximum absolute atomic E-state index is 5.48. The molecule has 2 heteroatoms. The zero-order valence-corrected chi connectivity index (χ0v) is 13.0. The van der Waals surface area contributed by atoms with Gasteiger partial charge in [0.2, 0.25) is 0 Å². The molecule has 2 atom stereocenters. The lowest BCUT2D eigenvalue weighted by Crippen LogP contribution is -2.59. The van der Waals surface area contributed by atoms with Gasteiger partial charge in [0.05, 0.1) is 7.11 Å². The first-order valence-corrected chi connectivity index (χ1v) is 8.31. The van der Waals surface area contributed by atoms with E-state index in [1.165, 1.54) is 56.2 Å². The summed E-state index contributed by atoms with van der Waals surface area (Å²) in [7, 11) is 1.77. The normalized spacial score (nSPS) is 32.0. The minimum absolute atomic E-state index is 0.354. The number of hydrogen-bond donors (Lipinski definition) is 0. The van der Waals surface area contributed by atoms with Crippen LogP contribution in [0.3, 0.4) is 0 Å². The van der Waals surface area contributed by atoms with Gasteiger partial charge in [-0.3, -0.25) is 4.90 Å². The molecule has 1 saturated carbocycles. The first-order valence-electron chi connectivity index (χ1n) is 8.31. The number of rotatable bonds is 1. The van der Waals surface area contributed by atoms with Crippen LogP contribution in [-0.4, -0.2) is 24.1 Å². The highest BCUT2D eigenvalue weighted by Crippen LogP contribution is 2.54. The molecule has 0 amide bonds. The molecule has 2 nitrogen and oxygen atoms in total. The second kappa shape index (κ2) is 4.88. The Kier molecular flexibility index (Phi) is 3.11. The molecule has 3 aliphatic rings. The van der Waals surface area contributed by atoms with E-state index in [9.17, 15) is 0 Å². The lowest BCUT2D eigenvalue weighted by molar-refractivity contribution is -0.00432. The quantitative estimate of drug-likeness (QED) is 0.714. The third kappa shape index (κ3) is 1.96. The van der Waals surface area contributed by atoms with E-state index in [0.717, 1.165) is 12.3 Å². The van der Waals surface area contributed by atoms with Crippen LogP contribution in [0.15, 0.2) is 30.4 Å². The van der Waals surface area contributed by atoms with Crippen molar-refractivity contribution in [1.29, 1.82) is 0 Å². The summed E-state index contributed by atoms with van der Waals surface area (Å²) in [6.07, 6.45) is 7.79. The minimum Gasteiger partial charge on any atom is -0.497 e. The molecule has 1 saturated heterocycles. The molecular weight excluding hydrogens is 258 g/mol. The SMILES string of the molecule is C=C1CCN2Cc3ccc(OC)cc3[C@H]3CCCC[C@]32C1. The highest BCUT2D eigenvalue weighted by Gasteiger charge is 2.50. The second-order valence-electron chi connectivity index (χ2n) is 7.07. The van der Waals surface area contributed by atoms with Crippen LogP contribution in [0.1, 0.15) is 55.6 Å². The third-order valence-electron chi connectivity index (χ3n) is 6.01. The molecule has 1 spiro atoms. The van der Waals surface area contributed by atoms with Crippen LogP contribution in [0.5, 0.6) is 5.75 Å². The van der Waals surface area contributed by atoms with Gasteiger partial charge in [-0.15, -0.1) is 0 Å². The van der Waals surface area contributed by atoms with Crippen molar-refractivity contribution in [2.24, 2.45) is 0 Å². The Labute approximate surface area is 127 Å². The molecule has 112 valence electrons. The average Bonchev–Trinajstić information content (AvgIpc) is 2.51. The molecule has 0 aromatic heterocycles. The summed E-state index contributed by atoms with van der Waals surface area (Å²) in [4.78, 5) is 2.78. The smallest absolute Gasteiger partial charge is 0.119 e.